The molecule has 1 rings (SSSR count). The molecule has 1 aromatic carbocycles. The molecule has 0 spiro atoms. The Morgan fingerprint density at radius 1 is 1.11 bits per heavy atom. The monoisotopic (exact) mass is 242 g/mol. The predicted octanol–water partition coefficient (Wildman–Crippen LogP) is 5.53. The highest BCUT2D eigenvalue weighted by molar-refractivity contribution is 5.40. The average molecular weight is 242 g/mol. The molecule has 1 unspecified atom stereocenters. The Labute approximate surface area is 112 Å². The molecular weight excluding hydrogens is 216 g/mol. The summed E-state index contributed by atoms with van der Waals surface area (Å²) < 4.78 is 0. The molecule has 0 aromatic heterocycles. The van der Waals surface area contributed by atoms with E-state index in [1.807, 2.05) is 6.92 Å². The summed E-state index contributed by atoms with van der Waals surface area (Å²) in [5.74, 6) is 0.455. The fraction of sp³-hybridized carbons (Fsp3) is 0.444. The third-order valence-electron chi connectivity index (χ3n) is 3.21. The lowest BCUT2D eigenvalue weighted by Crippen LogP contribution is -2.15. The van der Waals surface area contributed by atoms with Crippen LogP contribution < -0.4 is 0 Å². The molecule has 0 bridgehead atoms. The van der Waals surface area contributed by atoms with E-state index < -0.39 is 0 Å². The summed E-state index contributed by atoms with van der Waals surface area (Å²) in [6.07, 6.45) is 8.54. The van der Waals surface area contributed by atoms with Crippen LogP contribution >= 0.6 is 0 Å². The van der Waals surface area contributed by atoms with Crippen LogP contribution in [0.5, 0.6) is 0 Å². The van der Waals surface area contributed by atoms with Crippen LogP contribution in [0.3, 0.4) is 0 Å². The van der Waals surface area contributed by atoms with E-state index in [0.29, 0.717) is 5.92 Å². The summed E-state index contributed by atoms with van der Waals surface area (Å²) in [6.45, 7) is 13.3. The predicted molar refractivity (Wildman–Crippen MR) is 82.2 cm³/mol. The molecule has 0 heteroatoms. The molecule has 0 heterocycles. The van der Waals surface area contributed by atoms with Crippen LogP contribution in [0.2, 0.25) is 0 Å². The van der Waals surface area contributed by atoms with E-state index in [2.05, 4.69) is 77.1 Å². The Bertz CT molecular complexity index is 442. The van der Waals surface area contributed by atoms with Gasteiger partial charge in [0.15, 0.2) is 0 Å². The minimum Gasteiger partial charge on any atom is -0.0877 e. The molecule has 1 aromatic rings. The first-order valence-corrected chi connectivity index (χ1v) is 6.76. The van der Waals surface area contributed by atoms with Crippen molar-refractivity contribution in [3.05, 3.63) is 59.2 Å². The molecule has 0 saturated carbocycles. The highest BCUT2D eigenvalue weighted by Crippen LogP contribution is 2.31. The van der Waals surface area contributed by atoms with Gasteiger partial charge in [0.05, 0.1) is 0 Å². The molecule has 98 valence electrons. The molecule has 0 fully saturated rings. The third kappa shape index (κ3) is 3.87. The van der Waals surface area contributed by atoms with E-state index in [1.54, 1.807) is 0 Å². The summed E-state index contributed by atoms with van der Waals surface area (Å²) in [6, 6.07) is 6.82. The minimum atomic E-state index is 0.198. The van der Waals surface area contributed by atoms with Gasteiger partial charge in [-0.1, -0.05) is 75.8 Å². The van der Waals surface area contributed by atoms with Gasteiger partial charge in [-0.3, -0.25) is 0 Å². The van der Waals surface area contributed by atoms with Crippen LogP contribution in [0.1, 0.15) is 57.2 Å². The Hall–Kier alpha value is -1.30. The number of rotatable bonds is 3. The maximum atomic E-state index is 2.33. The van der Waals surface area contributed by atoms with Crippen molar-refractivity contribution in [2.45, 2.75) is 52.9 Å². The summed E-state index contributed by atoms with van der Waals surface area (Å²) in [7, 11) is 0. The molecule has 0 N–H and O–H groups in total. The fourth-order valence-electron chi connectivity index (χ4n) is 2.16. The summed E-state index contributed by atoms with van der Waals surface area (Å²) >= 11 is 0. The first-order valence-electron chi connectivity index (χ1n) is 6.76. The SMILES string of the molecule is C/C=C\C=C/C(C)c1ccc(C)cc1C(C)(C)C. The lowest BCUT2D eigenvalue weighted by atomic mass is 9.79. The van der Waals surface area contributed by atoms with Crippen molar-refractivity contribution in [3.8, 4) is 0 Å². The lowest BCUT2D eigenvalue weighted by Gasteiger charge is -2.25. The Balaban J connectivity index is 3.16. The van der Waals surface area contributed by atoms with Crippen molar-refractivity contribution in [3.63, 3.8) is 0 Å². The molecule has 0 aliphatic heterocycles. The number of benzene rings is 1. The fourth-order valence-corrected chi connectivity index (χ4v) is 2.16. The number of hydrogen-bond acceptors (Lipinski definition) is 0. The molecule has 18 heavy (non-hydrogen) atoms. The van der Waals surface area contributed by atoms with Gasteiger partial charge in [-0.2, -0.15) is 0 Å². The topological polar surface area (TPSA) is 0 Å². The molecule has 0 aliphatic carbocycles. The number of allylic oxidation sites excluding steroid dienone is 4. The Kier molecular flexibility index (Phi) is 4.95. The second kappa shape index (κ2) is 6.04. The van der Waals surface area contributed by atoms with Crippen LogP contribution in [0.4, 0.5) is 0 Å². The van der Waals surface area contributed by atoms with Crippen molar-refractivity contribution in [1.29, 1.82) is 0 Å². The number of hydrogen-bond donors (Lipinski definition) is 0. The Morgan fingerprint density at radius 2 is 1.78 bits per heavy atom. The van der Waals surface area contributed by atoms with E-state index in [0.717, 1.165) is 0 Å². The molecule has 0 nitrogen and oxygen atoms in total. The normalized spacial score (nSPS) is 14.6. The second-order valence-electron chi connectivity index (χ2n) is 6.04. The van der Waals surface area contributed by atoms with Crippen molar-refractivity contribution < 1.29 is 0 Å². The van der Waals surface area contributed by atoms with Crippen molar-refractivity contribution in [2.75, 3.05) is 0 Å². The molecule has 1 atom stereocenters. The van der Waals surface area contributed by atoms with Gasteiger partial charge in [-0.25, -0.2) is 0 Å². The van der Waals surface area contributed by atoms with Crippen LogP contribution in [0.25, 0.3) is 0 Å². The maximum absolute atomic E-state index is 2.33. The van der Waals surface area contributed by atoms with E-state index in [1.165, 1.54) is 16.7 Å². The van der Waals surface area contributed by atoms with Crippen LogP contribution in [0, 0.1) is 6.92 Å². The molecule has 0 amide bonds. The standard InChI is InChI=1S/C18H26/c1-7-8-9-10-15(3)16-12-11-14(2)13-17(16)18(4,5)6/h7-13,15H,1-6H3/b8-7-,10-9-. The highest BCUT2D eigenvalue weighted by atomic mass is 14.2. The van der Waals surface area contributed by atoms with Crippen LogP contribution in [-0.2, 0) is 5.41 Å². The molecule has 0 radical (unpaired) electrons. The maximum Gasteiger partial charge on any atom is -0.000438 e. The van der Waals surface area contributed by atoms with Gasteiger partial charge in [0.1, 0.15) is 0 Å². The quantitative estimate of drug-likeness (QED) is 0.611. The lowest BCUT2D eigenvalue weighted by molar-refractivity contribution is 0.579. The van der Waals surface area contributed by atoms with Crippen LogP contribution in [0.15, 0.2) is 42.5 Å². The van der Waals surface area contributed by atoms with Gasteiger partial charge in [-0.05, 0) is 36.3 Å². The van der Waals surface area contributed by atoms with E-state index >= 15 is 0 Å². The summed E-state index contributed by atoms with van der Waals surface area (Å²) in [5.41, 5.74) is 4.44. The van der Waals surface area contributed by atoms with Crippen molar-refractivity contribution >= 4 is 0 Å². The molecular formula is C18H26. The van der Waals surface area contributed by atoms with Gasteiger partial charge in [-0.15, -0.1) is 0 Å². The average Bonchev–Trinajstić information content (AvgIpc) is 2.28. The van der Waals surface area contributed by atoms with E-state index in [4.69, 9.17) is 0 Å². The van der Waals surface area contributed by atoms with Crippen molar-refractivity contribution in [1.82, 2.24) is 0 Å². The minimum absolute atomic E-state index is 0.198. The van der Waals surface area contributed by atoms with Gasteiger partial charge >= 0.3 is 0 Å². The van der Waals surface area contributed by atoms with E-state index in [-0.39, 0.29) is 5.41 Å². The Morgan fingerprint density at radius 3 is 2.33 bits per heavy atom. The molecule has 0 aliphatic rings. The highest BCUT2D eigenvalue weighted by Gasteiger charge is 2.19. The summed E-state index contributed by atoms with van der Waals surface area (Å²) in [4.78, 5) is 0. The number of aryl methyl sites for hydroxylation is 1. The van der Waals surface area contributed by atoms with Gasteiger partial charge in [0, 0.05) is 0 Å². The molecule has 0 saturated heterocycles. The largest absolute Gasteiger partial charge is 0.0877 e. The van der Waals surface area contributed by atoms with E-state index in [9.17, 15) is 0 Å². The van der Waals surface area contributed by atoms with Gasteiger partial charge in [0.25, 0.3) is 0 Å². The third-order valence-corrected chi connectivity index (χ3v) is 3.21. The van der Waals surface area contributed by atoms with Gasteiger partial charge < -0.3 is 0 Å². The first kappa shape index (κ1) is 14.8. The smallest absolute Gasteiger partial charge is 0.000438 e. The second-order valence-corrected chi connectivity index (χ2v) is 6.04. The van der Waals surface area contributed by atoms with Gasteiger partial charge in [0.2, 0.25) is 0 Å². The first-order chi connectivity index (χ1) is 8.36. The summed E-state index contributed by atoms with van der Waals surface area (Å²) in [5, 5.41) is 0. The van der Waals surface area contributed by atoms with Crippen molar-refractivity contribution in [2.24, 2.45) is 0 Å². The zero-order valence-corrected chi connectivity index (χ0v) is 12.6. The van der Waals surface area contributed by atoms with Crippen LogP contribution in [-0.4, -0.2) is 0 Å². The zero-order chi connectivity index (χ0) is 13.8. The zero-order valence-electron chi connectivity index (χ0n) is 12.6.